The van der Waals surface area contributed by atoms with Gasteiger partial charge in [-0.15, -0.1) is 5.10 Å². The highest BCUT2D eigenvalue weighted by Gasteiger charge is 2.26. The summed E-state index contributed by atoms with van der Waals surface area (Å²) in [5.74, 6) is 0.421. The number of imidazole rings is 1. The Hall–Kier alpha value is -3.42. The SMILES string of the molecule is Cc1ccc2c(c1)-n1nncc1Cc1c(-c3nc(-c4ccc(Cl)cc4Cl)co3)ncn1-2. The van der Waals surface area contributed by atoms with Gasteiger partial charge in [0.15, 0.2) is 0 Å². The standard InChI is InChI=1S/C22H14Cl2N6O/c1-12-2-5-18-19(6-12)30-14(9-26-28-30)8-20-21(25-11-29(18)20)22-27-17(10-31-22)15-4-3-13(23)7-16(15)24/h2-7,9-11H,8H2,1H3. The van der Waals surface area contributed by atoms with Crippen LogP contribution in [0.25, 0.3) is 34.2 Å². The zero-order valence-corrected chi connectivity index (χ0v) is 17.8. The van der Waals surface area contributed by atoms with E-state index in [0.29, 0.717) is 33.7 Å². The second-order valence-corrected chi connectivity index (χ2v) is 8.22. The van der Waals surface area contributed by atoms with E-state index in [1.165, 1.54) is 0 Å². The van der Waals surface area contributed by atoms with Crippen molar-refractivity contribution in [1.82, 2.24) is 29.5 Å². The first kappa shape index (κ1) is 18.4. The molecule has 1 aliphatic heterocycles. The Morgan fingerprint density at radius 1 is 1.06 bits per heavy atom. The van der Waals surface area contributed by atoms with Crippen molar-refractivity contribution in [3.05, 3.63) is 82.2 Å². The molecule has 6 rings (SSSR count). The van der Waals surface area contributed by atoms with Crippen LogP contribution in [0.3, 0.4) is 0 Å². The Balaban J connectivity index is 1.50. The van der Waals surface area contributed by atoms with Crippen molar-refractivity contribution in [3.63, 3.8) is 0 Å². The highest BCUT2D eigenvalue weighted by atomic mass is 35.5. The predicted octanol–water partition coefficient (Wildman–Crippen LogP) is 5.29. The zero-order valence-electron chi connectivity index (χ0n) is 16.3. The number of hydrogen-bond donors (Lipinski definition) is 0. The van der Waals surface area contributed by atoms with Crippen molar-refractivity contribution >= 4 is 23.2 Å². The third kappa shape index (κ3) is 2.89. The Bertz CT molecular complexity index is 1460. The van der Waals surface area contributed by atoms with E-state index in [9.17, 15) is 0 Å². The fourth-order valence-corrected chi connectivity index (χ4v) is 4.40. The van der Waals surface area contributed by atoms with Gasteiger partial charge < -0.3 is 4.42 Å². The average molecular weight is 449 g/mol. The molecule has 0 spiro atoms. The van der Waals surface area contributed by atoms with Gasteiger partial charge in [-0.3, -0.25) is 4.57 Å². The maximum Gasteiger partial charge on any atom is 0.247 e. The smallest absolute Gasteiger partial charge is 0.247 e. The van der Waals surface area contributed by atoms with E-state index in [2.05, 4.69) is 50.0 Å². The molecule has 0 atom stereocenters. The maximum atomic E-state index is 6.35. The lowest BCUT2D eigenvalue weighted by atomic mass is 10.1. The predicted molar refractivity (Wildman–Crippen MR) is 117 cm³/mol. The molecule has 152 valence electrons. The first-order chi connectivity index (χ1) is 15.1. The maximum absolute atomic E-state index is 6.35. The first-order valence-corrected chi connectivity index (χ1v) is 10.3. The summed E-state index contributed by atoms with van der Waals surface area (Å²) in [5, 5.41) is 9.48. The largest absolute Gasteiger partial charge is 0.443 e. The van der Waals surface area contributed by atoms with E-state index >= 15 is 0 Å². The summed E-state index contributed by atoms with van der Waals surface area (Å²) in [5.41, 5.74) is 7.00. The quantitative estimate of drug-likeness (QED) is 0.359. The van der Waals surface area contributed by atoms with Crippen LogP contribution in [0.5, 0.6) is 0 Å². The third-order valence-electron chi connectivity index (χ3n) is 5.37. The second-order valence-electron chi connectivity index (χ2n) is 7.38. The molecule has 0 saturated heterocycles. The van der Waals surface area contributed by atoms with Gasteiger partial charge in [0.05, 0.1) is 34.0 Å². The molecule has 2 aromatic carbocycles. The van der Waals surface area contributed by atoms with Gasteiger partial charge in [-0.1, -0.05) is 34.5 Å². The molecule has 0 radical (unpaired) electrons. The Kier molecular flexibility index (Phi) is 4.03. The number of aryl methyl sites for hydroxylation is 1. The van der Waals surface area contributed by atoms with E-state index in [-0.39, 0.29) is 0 Å². The molecular formula is C22H14Cl2N6O. The highest BCUT2D eigenvalue weighted by molar-refractivity contribution is 6.36. The van der Waals surface area contributed by atoms with Crippen LogP contribution in [0.2, 0.25) is 10.0 Å². The van der Waals surface area contributed by atoms with Gasteiger partial charge in [0, 0.05) is 17.0 Å². The van der Waals surface area contributed by atoms with E-state index in [0.717, 1.165) is 33.9 Å². The van der Waals surface area contributed by atoms with Crippen molar-refractivity contribution in [2.75, 3.05) is 0 Å². The summed E-state index contributed by atoms with van der Waals surface area (Å²) >= 11 is 12.4. The number of rotatable bonds is 2. The minimum Gasteiger partial charge on any atom is -0.443 e. The average Bonchev–Trinajstić information content (AvgIpc) is 3.47. The molecule has 5 aromatic rings. The topological polar surface area (TPSA) is 74.6 Å². The minimum atomic E-state index is 0.421. The van der Waals surface area contributed by atoms with Crippen LogP contribution in [0.4, 0.5) is 0 Å². The van der Waals surface area contributed by atoms with Gasteiger partial charge in [-0.05, 0) is 42.8 Å². The van der Waals surface area contributed by atoms with E-state index in [1.807, 2.05) is 10.7 Å². The normalized spacial score (nSPS) is 12.2. The Morgan fingerprint density at radius 2 is 1.97 bits per heavy atom. The van der Waals surface area contributed by atoms with Crippen LogP contribution >= 0.6 is 23.2 Å². The molecule has 31 heavy (non-hydrogen) atoms. The molecule has 1 aliphatic rings. The van der Waals surface area contributed by atoms with Crippen LogP contribution in [0.1, 0.15) is 17.0 Å². The van der Waals surface area contributed by atoms with Crippen LogP contribution < -0.4 is 0 Å². The van der Waals surface area contributed by atoms with Gasteiger partial charge in [-0.2, -0.15) is 0 Å². The molecule has 3 aromatic heterocycles. The van der Waals surface area contributed by atoms with Gasteiger partial charge >= 0.3 is 0 Å². The number of oxazole rings is 1. The lowest BCUT2D eigenvalue weighted by Gasteiger charge is -2.10. The second kappa shape index (κ2) is 6.80. The van der Waals surface area contributed by atoms with Crippen molar-refractivity contribution in [3.8, 4) is 34.2 Å². The van der Waals surface area contributed by atoms with Crippen LogP contribution in [-0.4, -0.2) is 29.5 Å². The monoisotopic (exact) mass is 448 g/mol. The van der Waals surface area contributed by atoms with Crippen molar-refractivity contribution in [1.29, 1.82) is 0 Å². The van der Waals surface area contributed by atoms with Crippen LogP contribution in [0.15, 0.2) is 59.6 Å². The van der Waals surface area contributed by atoms with Gasteiger partial charge in [0.25, 0.3) is 0 Å². The summed E-state index contributed by atoms with van der Waals surface area (Å²) < 4.78 is 9.74. The molecule has 0 aliphatic carbocycles. The minimum absolute atomic E-state index is 0.421. The fraction of sp³-hybridized carbons (Fsp3) is 0.0909. The van der Waals surface area contributed by atoms with Crippen LogP contribution in [-0.2, 0) is 6.42 Å². The molecule has 7 nitrogen and oxygen atoms in total. The van der Waals surface area contributed by atoms with Gasteiger partial charge in [-0.25, -0.2) is 14.6 Å². The Labute approximate surface area is 186 Å². The van der Waals surface area contributed by atoms with Crippen molar-refractivity contribution < 1.29 is 4.42 Å². The van der Waals surface area contributed by atoms with E-state index < -0.39 is 0 Å². The molecule has 0 bridgehead atoms. The molecule has 0 fully saturated rings. The molecule has 4 heterocycles. The van der Waals surface area contributed by atoms with Gasteiger partial charge in [0.1, 0.15) is 24.0 Å². The number of fused-ring (bicyclic) bond motifs is 5. The molecule has 0 saturated carbocycles. The summed E-state index contributed by atoms with van der Waals surface area (Å²) in [6, 6.07) is 11.5. The molecule has 0 unspecified atom stereocenters. The molecule has 0 amide bonds. The van der Waals surface area contributed by atoms with Crippen molar-refractivity contribution in [2.24, 2.45) is 0 Å². The molecular weight excluding hydrogens is 435 g/mol. The molecule has 0 N–H and O–H groups in total. The summed E-state index contributed by atoms with van der Waals surface area (Å²) in [6.45, 7) is 2.05. The lowest BCUT2D eigenvalue weighted by Crippen LogP contribution is -2.03. The number of nitrogens with zero attached hydrogens (tertiary/aromatic N) is 6. The zero-order chi connectivity index (χ0) is 21.1. The summed E-state index contributed by atoms with van der Waals surface area (Å²) in [4.78, 5) is 9.29. The van der Waals surface area contributed by atoms with Gasteiger partial charge in [0.2, 0.25) is 5.89 Å². The van der Waals surface area contributed by atoms with E-state index in [1.54, 1.807) is 30.9 Å². The highest BCUT2D eigenvalue weighted by Crippen LogP contribution is 2.35. The third-order valence-corrected chi connectivity index (χ3v) is 5.92. The first-order valence-electron chi connectivity index (χ1n) is 9.57. The number of hydrogen-bond acceptors (Lipinski definition) is 5. The summed E-state index contributed by atoms with van der Waals surface area (Å²) in [7, 11) is 0. The number of halogens is 2. The fourth-order valence-electron chi connectivity index (χ4n) is 3.89. The van der Waals surface area contributed by atoms with Crippen LogP contribution in [0, 0.1) is 6.92 Å². The Morgan fingerprint density at radius 3 is 2.84 bits per heavy atom. The molecule has 9 heteroatoms. The summed E-state index contributed by atoms with van der Waals surface area (Å²) in [6.07, 6.45) is 5.72. The number of benzene rings is 2. The van der Waals surface area contributed by atoms with E-state index in [4.69, 9.17) is 27.6 Å². The number of aromatic nitrogens is 6. The van der Waals surface area contributed by atoms with Crippen molar-refractivity contribution in [2.45, 2.75) is 13.3 Å². The lowest BCUT2D eigenvalue weighted by molar-refractivity contribution is 0.572.